The fourth-order valence-corrected chi connectivity index (χ4v) is 4.26. The molecule has 1 fully saturated rings. The minimum Gasteiger partial charge on any atom is -0.376 e. The number of ether oxygens (including phenoxy) is 1. The van der Waals surface area contributed by atoms with Crippen LogP contribution < -0.4 is 10.2 Å². The molecule has 2 aliphatic rings. The fraction of sp³-hybridized carbons (Fsp3) is 0.619. The highest BCUT2D eigenvalue weighted by atomic mass is 16.5. The Balaban J connectivity index is 1.45. The molecule has 1 saturated heterocycles. The Kier molecular flexibility index (Phi) is 5.80. The van der Waals surface area contributed by atoms with Crippen molar-refractivity contribution in [1.82, 2.24) is 25.1 Å². The lowest BCUT2D eigenvalue weighted by Gasteiger charge is -2.33. The standard InChI is InChI=1S/C21H30N6O2/c1-4-8-27-15(3)19(14(2)25-27)20(28)23-17-6-5-9-26(12-17)21-22-11-16-13-29-10-7-18(16)24-21/h11,17H,4-10,12-13H2,1-3H3,(H,23,28)/t17-/m0/s1. The number of anilines is 1. The summed E-state index contributed by atoms with van der Waals surface area (Å²) >= 11 is 0. The molecule has 1 N–H and O–H groups in total. The molecular weight excluding hydrogens is 368 g/mol. The second kappa shape index (κ2) is 8.49. The zero-order chi connectivity index (χ0) is 20.4. The summed E-state index contributed by atoms with van der Waals surface area (Å²) in [6, 6.07) is 0.0764. The fourth-order valence-electron chi connectivity index (χ4n) is 4.26. The van der Waals surface area contributed by atoms with Crippen molar-refractivity contribution in [2.24, 2.45) is 0 Å². The molecule has 2 aliphatic heterocycles. The number of amides is 1. The molecule has 1 amide bonds. The zero-order valence-electron chi connectivity index (χ0n) is 17.6. The normalized spacial score (nSPS) is 19.1. The van der Waals surface area contributed by atoms with E-state index in [2.05, 4.69) is 27.2 Å². The predicted octanol–water partition coefficient (Wildman–Crippen LogP) is 2.17. The van der Waals surface area contributed by atoms with Gasteiger partial charge in [-0.05, 0) is 33.1 Å². The quantitative estimate of drug-likeness (QED) is 0.831. The molecule has 0 unspecified atom stereocenters. The number of aryl methyl sites for hydroxylation is 2. The molecule has 8 heteroatoms. The van der Waals surface area contributed by atoms with E-state index in [-0.39, 0.29) is 11.9 Å². The second-order valence-electron chi connectivity index (χ2n) is 7.97. The molecule has 0 aliphatic carbocycles. The molecule has 4 rings (SSSR count). The average molecular weight is 399 g/mol. The minimum absolute atomic E-state index is 0.0299. The number of hydrogen-bond donors (Lipinski definition) is 1. The minimum atomic E-state index is -0.0299. The third-order valence-electron chi connectivity index (χ3n) is 5.77. The topological polar surface area (TPSA) is 85.2 Å². The number of piperidine rings is 1. The summed E-state index contributed by atoms with van der Waals surface area (Å²) in [5.41, 5.74) is 4.61. The van der Waals surface area contributed by atoms with Crippen molar-refractivity contribution >= 4 is 11.9 Å². The van der Waals surface area contributed by atoms with Gasteiger partial charge in [-0.1, -0.05) is 6.92 Å². The first-order valence-corrected chi connectivity index (χ1v) is 10.6. The van der Waals surface area contributed by atoms with E-state index in [1.165, 1.54) is 0 Å². The number of carbonyl (C=O) groups excluding carboxylic acids is 1. The van der Waals surface area contributed by atoms with Gasteiger partial charge in [0, 0.05) is 49.6 Å². The number of rotatable bonds is 5. The first-order valence-electron chi connectivity index (χ1n) is 10.6. The average Bonchev–Trinajstić information content (AvgIpc) is 3.01. The Labute approximate surface area is 171 Å². The van der Waals surface area contributed by atoms with Crippen LogP contribution in [0, 0.1) is 13.8 Å². The largest absolute Gasteiger partial charge is 0.376 e. The molecule has 0 aromatic carbocycles. The van der Waals surface area contributed by atoms with Gasteiger partial charge in [-0.15, -0.1) is 0 Å². The zero-order valence-corrected chi connectivity index (χ0v) is 17.6. The van der Waals surface area contributed by atoms with Crippen LogP contribution in [0.25, 0.3) is 0 Å². The highest BCUT2D eigenvalue weighted by Gasteiger charge is 2.26. The van der Waals surface area contributed by atoms with Crippen molar-refractivity contribution < 1.29 is 9.53 Å². The maximum absolute atomic E-state index is 13.0. The summed E-state index contributed by atoms with van der Waals surface area (Å²) in [4.78, 5) is 24.5. The third kappa shape index (κ3) is 4.12. The van der Waals surface area contributed by atoms with Gasteiger partial charge < -0.3 is 15.0 Å². The van der Waals surface area contributed by atoms with Gasteiger partial charge in [-0.25, -0.2) is 9.97 Å². The van der Waals surface area contributed by atoms with E-state index in [0.29, 0.717) is 18.8 Å². The summed E-state index contributed by atoms with van der Waals surface area (Å²) in [6.45, 7) is 9.77. The van der Waals surface area contributed by atoms with Gasteiger partial charge in [0.15, 0.2) is 0 Å². The van der Waals surface area contributed by atoms with E-state index in [0.717, 1.165) is 73.9 Å². The Morgan fingerprint density at radius 1 is 1.38 bits per heavy atom. The Morgan fingerprint density at radius 2 is 2.24 bits per heavy atom. The van der Waals surface area contributed by atoms with Crippen LogP contribution >= 0.6 is 0 Å². The highest BCUT2D eigenvalue weighted by molar-refractivity contribution is 5.96. The van der Waals surface area contributed by atoms with E-state index in [9.17, 15) is 4.79 Å². The van der Waals surface area contributed by atoms with Crippen molar-refractivity contribution in [1.29, 1.82) is 0 Å². The molecule has 156 valence electrons. The molecule has 2 aromatic rings. The number of fused-ring (bicyclic) bond motifs is 1. The lowest BCUT2D eigenvalue weighted by molar-refractivity contribution is 0.0931. The summed E-state index contributed by atoms with van der Waals surface area (Å²) in [5.74, 6) is 0.727. The van der Waals surface area contributed by atoms with Crippen LogP contribution in [0.5, 0.6) is 0 Å². The predicted molar refractivity (Wildman–Crippen MR) is 110 cm³/mol. The Bertz CT molecular complexity index is 894. The SMILES string of the molecule is CCCn1nc(C)c(C(=O)N[C@H]2CCCN(c3ncc4c(n3)CCOC4)C2)c1C. The number of nitrogens with zero attached hydrogens (tertiary/aromatic N) is 5. The van der Waals surface area contributed by atoms with Crippen LogP contribution in [0.15, 0.2) is 6.20 Å². The van der Waals surface area contributed by atoms with Crippen molar-refractivity contribution in [2.45, 2.75) is 65.6 Å². The van der Waals surface area contributed by atoms with Crippen LogP contribution in [-0.4, -0.2) is 51.4 Å². The molecule has 8 nitrogen and oxygen atoms in total. The Morgan fingerprint density at radius 3 is 3.07 bits per heavy atom. The van der Waals surface area contributed by atoms with E-state index < -0.39 is 0 Å². The first kappa shape index (κ1) is 19.8. The number of nitrogens with one attached hydrogen (secondary N) is 1. The van der Waals surface area contributed by atoms with Gasteiger partial charge in [0.1, 0.15) is 0 Å². The van der Waals surface area contributed by atoms with Crippen molar-refractivity contribution in [3.63, 3.8) is 0 Å². The Hall–Kier alpha value is -2.48. The van der Waals surface area contributed by atoms with Gasteiger partial charge >= 0.3 is 0 Å². The lowest BCUT2D eigenvalue weighted by atomic mass is 10.0. The summed E-state index contributed by atoms with van der Waals surface area (Å²) in [6.07, 6.45) is 5.67. The van der Waals surface area contributed by atoms with Gasteiger partial charge in [0.05, 0.1) is 30.2 Å². The molecule has 29 heavy (non-hydrogen) atoms. The van der Waals surface area contributed by atoms with Gasteiger partial charge in [0.2, 0.25) is 5.95 Å². The first-order chi connectivity index (χ1) is 14.1. The smallest absolute Gasteiger partial charge is 0.255 e. The van der Waals surface area contributed by atoms with E-state index in [1.807, 2.05) is 24.7 Å². The second-order valence-corrected chi connectivity index (χ2v) is 7.97. The molecule has 4 heterocycles. The molecule has 0 spiro atoms. The van der Waals surface area contributed by atoms with E-state index in [4.69, 9.17) is 9.72 Å². The van der Waals surface area contributed by atoms with Crippen molar-refractivity contribution in [3.05, 3.63) is 34.4 Å². The van der Waals surface area contributed by atoms with Crippen molar-refractivity contribution in [2.75, 3.05) is 24.6 Å². The van der Waals surface area contributed by atoms with Gasteiger partial charge in [0.25, 0.3) is 5.91 Å². The molecule has 0 bridgehead atoms. The molecule has 0 radical (unpaired) electrons. The summed E-state index contributed by atoms with van der Waals surface area (Å²) in [7, 11) is 0. The van der Waals surface area contributed by atoms with Gasteiger partial charge in [-0.3, -0.25) is 9.48 Å². The highest BCUT2D eigenvalue weighted by Crippen LogP contribution is 2.21. The lowest BCUT2D eigenvalue weighted by Crippen LogP contribution is -2.48. The van der Waals surface area contributed by atoms with Crippen LogP contribution in [0.4, 0.5) is 5.95 Å². The van der Waals surface area contributed by atoms with Crippen LogP contribution in [0.3, 0.4) is 0 Å². The molecule has 2 aromatic heterocycles. The third-order valence-corrected chi connectivity index (χ3v) is 5.77. The number of hydrogen-bond acceptors (Lipinski definition) is 6. The van der Waals surface area contributed by atoms with E-state index >= 15 is 0 Å². The molecule has 0 saturated carbocycles. The van der Waals surface area contributed by atoms with Crippen LogP contribution in [0.2, 0.25) is 0 Å². The molecular formula is C21H30N6O2. The van der Waals surface area contributed by atoms with Gasteiger partial charge in [-0.2, -0.15) is 5.10 Å². The molecule has 1 atom stereocenters. The monoisotopic (exact) mass is 398 g/mol. The summed E-state index contributed by atoms with van der Waals surface area (Å²) < 4.78 is 7.41. The van der Waals surface area contributed by atoms with Crippen LogP contribution in [0.1, 0.15) is 59.2 Å². The van der Waals surface area contributed by atoms with Crippen molar-refractivity contribution in [3.8, 4) is 0 Å². The summed E-state index contributed by atoms with van der Waals surface area (Å²) in [5, 5.41) is 7.76. The maximum atomic E-state index is 13.0. The van der Waals surface area contributed by atoms with E-state index in [1.54, 1.807) is 0 Å². The van der Waals surface area contributed by atoms with Crippen LogP contribution in [-0.2, 0) is 24.3 Å². The number of aromatic nitrogens is 4. The number of carbonyl (C=O) groups is 1. The maximum Gasteiger partial charge on any atom is 0.255 e.